The van der Waals surface area contributed by atoms with Crippen LogP contribution in [0.15, 0.2) is 108 Å². The predicted molar refractivity (Wildman–Crippen MR) is 186 cm³/mol. The maximum atomic E-state index is 12.5. The number of carbonyl (C=O) groups excluding carboxylic acids is 2. The summed E-state index contributed by atoms with van der Waals surface area (Å²) in [7, 11) is 0. The van der Waals surface area contributed by atoms with Crippen molar-refractivity contribution in [3.63, 3.8) is 0 Å². The number of thioether (sulfide) groups is 1. The molecule has 9 heteroatoms. The first-order valence-corrected chi connectivity index (χ1v) is 17.1. The molecular formula is C38H43N3O5S. The van der Waals surface area contributed by atoms with E-state index in [1.165, 1.54) is 4.90 Å². The predicted octanol–water partition coefficient (Wildman–Crippen LogP) is 7.30. The number of unbranched alkanes of at least 4 members (excludes halogenated alkanes) is 2. The summed E-state index contributed by atoms with van der Waals surface area (Å²) in [5, 5.41) is 15.3. The minimum Gasteiger partial charge on any atom is -0.397 e. The summed E-state index contributed by atoms with van der Waals surface area (Å²) in [6, 6.07) is 33.4. The SMILES string of the molecule is Nc1ccccc1NC(=O)CCCCCC(=O)NCc1ccc(C2OC(CSc3ccccc3)CC(c3ccc(CO)cc3)O2)cc1. The highest BCUT2D eigenvalue weighted by atomic mass is 32.2. The van der Waals surface area contributed by atoms with Crippen molar-refractivity contribution in [1.82, 2.24) is 5.32 Å². The average molecular weight is 654 g/mol. The molecule has 0 bridgehead atoms. The van der Waals surface area contributed by atoms with Gasteiger partial charge in [0.15, 0.2) is 6.29 Å². The number of rotatable bonds is 15. The molecule has 1 fully saturated rings. The summed E-state index contributed by atoms with van der Waals surface area (Å²) < 4.78 is 12.9. The first-order valence-electron chi connectivity index (χ1n) is 16.1. The number of nitrogen functional groups attached to an aromatic ring is 1. The van der Waals surface area contributed by atoms with Crippen LogP contribution in [0.3, 0.4) is 0 Å². The lowest BCUT2D eigenvalue weighted by Gasteiger charge is -2.36. The normalized spacial score (nSPS) is 17.6. The number of nitrogens with one attached hydrogen (secondary N) is 2. The molecule has 1 aliphatic rings. The maximum Gasteiger partial charge on any atom is 0.224 e. The molecule has 246 valence electrons. The summed E-state index contributed by atoms with van der Waals surface area (Å²) in [6.45, 7) is 0.440. The first-order chi connectivity index (χ1) is 23.0. The van der Waals surface area contributed by atoms with Crippen molar-refractivity contribution >= 4 is 35.0 Å². The lowest BCUT2D eigenvalue weighted by molar-refractivity contribution is -0.245. The Labute approximate surface area is 281 Å². The minimum absolute atomic E-state index is 0.00684. The van der Waals surface area contributed by atoms with E-state index in [0.29, 0.717) is 37.2 Å². The summed E-state index contributed by atoms with van der Waals surface area (Å²) in [5.74, 6) is 0.715. The zero-order valence-electron chi connectivity index (χ0n) is 26.5. The third kappa shape index (κ3) is 10.7. The van der Waals surface area contributed by atoms with Gasteiger partial charge >= 0.3 is 0 Å². The molecular weight excluding hydrogens is 611 g/mol. The molecule has 5 N–H and O–H groups in total. The molecule has 1 aliphatic heterocycles. The number of para-hydroxylation sites is 2. The van der Waals surface area contributed by atoms with Gasteiger partial charge in [0, 0.05) is 42.0 Å². The monoisotopic (exact) mass is 653 g/mol. The van der Waals surface area contributed by atoms with Gasteiger partial charge < -0.3 is 30.9 Å². The van der Waals surface area contributed by atoms with Gasteiger partial charge in [-0.05, 0) is 53.8 Å². The molecule has 4 aromatic rings. The smallest absolute Gasteiger partial charge is 0.224 e. The molecule has 0 radical (unpaired) electrons. The van der Waals surface area contributed by atoms with Crippen LogP contribution in [0.5, 0.6) is 0 Å². The van der Waals surface area contributed by atoms with Crippen LogP contribution in [0.25, 0.3) is 0 Å². The molecule has 1 heterocycles. The van der Waals surface area contributed by atoms with E-state index in [-0.39, 0.29) is 30.6 Å². The minimum atomic E-state index is -0.525. The molecule has 1 saturated heterocycles. The third-order valence-electron chi connectivity index (χ3n) is 8.08. The molecule has 0 spiro atoms. The van der Waals surface area contributed by atoms with Gasteiger partial charge in [0.2, 0.25) is 11.8 Å². The van der Waals surface area contributed by atoms with Crippen LogP contribution in [-0.4, -0.2) is 28.8 Å². The zero-order valence-corrected chi connectivity index (χ0v) is 27.3. The highest BCUT2D eigenvalue weighted by Crippen LogP contribution is 2.39. The Kier molecular flexibility index (Phi) is 12.9. The summed E-state index contributed by atoms with van der Waals surface area (Å²) in [6.07, 6.45) is 3.07. The molecule has 8 nitrogen and oxygen atoms in total. The Bertz CT molecular complexity index is 1570. The number of ether oxygens (including phenoxy) is 2. The number of aliphatic hydroxyl groups is 1. The van der Waals surface area contributed by atoms with Gasteiger partial charge in [-0.15, -0.1) is 11.8 Å². The summed E-state index contributed by atoms with van der Waals surface area (Å²) in [4.78, 5) is 25.8. The number of hydrogen-bond donors (Lipinski definition) is 4. The van der Waals surface area contributed by atoms with E-state index in [0.717, 1.165) is 47.3 Å². The number of carbonyl (C=O) groups is 2. The quantitative estimate of drug-likeness (QED) is 0.0603. The van der Waals surface area contributed by atoms with Gasteiger partial charge in [-0.25, -0.2) is 0 Å². The van der Waals surface area contributed by atoms with Crippen LogP contribution in [0, 0.1) is 0 Å². The Hall–Kier alpha value is -4.15. The van der Waals surface area contributed by atoms with Gasteiger partial charge in [0.1, 0.15) is 0 Å². The van der Waals surface area contributed by atoms with Gasteiger partial charge in [-0.1, -0.05) is 85.3 Å². The van der Waals surface area contributed by atoms with E-state index in [2.05, 4.69) is 22.8 Å². The fraction of sp³-hybridized carbons (Fsp3) is 0.316. The molecule has 0 aliphatic carbocycles. The second-order valence-corrected chi connectivity index (χ2v) is 12.8. The fourth-order valence-electron chi connectivity index (χ4n) is 5.38. The van der Waals surface area contributed by atoms with Crippen LogP contribution < -0.4 is 16.4 Å². The second kappa shape index (κ2) is 17.7. The van der Waals surface area contributed by atoms with Crippen molar-refractivity contribution in [2.45, 2.75) is 75.1 Å². The largest absolute Gasteiger partial charge is 0.397 e. The van der Waals surface area contributed by atoms with Gasteiger partial charge in [0.25, 0.3) is 0 Å². The summed E-state index contributed by atoms with van der Waals surface area (Å²) >= 11 is 1.77. The van der Waals surface area contributed by atoms with Crippen LogP contribution in [0.2, 0.25) is 0 Å². The van der Waals surface area contributed by atoms with Crippen molar-refractivity contribution in [2.75, 3.05) is 16.8 Å². The van der Waals surface area contributed by atoms with Crippen molar-refractivity contribution < 1.29 is 24.2 Å². The molecule has 3 atom stereocenters. The number of aliphatic hydroxyl groups excluding tert-OH is 1. The third-order valence-corrected chi connectivity index (χ3v) is 9.22. The molecule has 5 rings (SSSR count). The van der Waals surface area contributed by atoms with E-state index in [4.69, 9.17) is 15.2 Å². The van der Waals surface area contributed by atoms with Crippen molar-refractivity contribution in [3.8, 4) is 0 Å². The second-order valence-electron chi connectivity index (χ2n) is 11.7. The van der Waals surface area contributed by atoms with Gasteiger partial charge in [0.05, 0.1) is 30.2 Å². The number of benzene rings is 4. The molecule has 0 aromatic heterocycles. The van der Waals surface area contributed by atoms with Crippen molar-refractivity contribution in [2.24, 2.45) is 0 Å². The molecule has 47 heavy (non-hydrogen) atoms. The lowest BCUT2D eigenvalue weighted by Crippen LogP contribution is -2.31. The Morgan fingerprint density at radius 1 is 0.766 bits per heavy atom. The Balaban J connectivity index is 1.08. The Morgan fingerprint density at radius 2 is 1.43 bits per heavy atom. The highest BCUT2D eigenvalue weighted by Gasteiger charge is 2.32. The van der Waals surface area contributed by atoms with Crippen LogP contribution in [-0.2, 0) is 32.2 Å². The maximum absolute atomic E-state index is 12.5. The Morgan fingerprint density at radius 3 is 2.15 bits per heavy atom. The van der Waals surface area contributed by atoms with E-state index in [1.54, 1.807) is 23.9 Å². The number of amides is 2. The first kappa shape index (κ1) is 34.2. The van der Waals surface area contributed by atoms with E-state index in [9.17, 15) is 14.7 Å². The molecule has 0 saturated carbocycles. The summed E-state index contributed by atoms with van der Waals surface area (Å²) in [5.41, 5.74) is 10.9. The van der Waals surface area contributed by atoms with Crippen LogP contribution >= 0.6 is 11.8 Å². The van der Waals surface area contributed by atoms with E-state index in [1.807, 2.05) is 78.9 Å². The van der Waals surface area contributed by atoms with Crippen LogP contribution in [0.4, 0.5) is 11.4 Å². The van der Waals surface area contributed by atoms with Crippen molar-refractivity contribution in [1.29, 1.82) is 0 Å². The average Bonchev–Trinajstić information content (AvgIpc) is 3.11. The van der Waals surface area contributed by atoms with Crippen LogP contribution in [0.1, 0.15) is 73.2 Å². The van der Waals surface area contributed by atoms with Gasteiger partial charge in [-0.3, -0.25) is 9.59 Å². The number of nitrogens with two attached hydrogens (primary N) is 1. The topological polar surface area (TPSA) is 123 Å². The highest BCUT2D eigenvalue weighted by molar-refractivity contribution is 7.99. The molecule has 4 aromatic carbocycles. The van der Waals surface area contributed by atoms with Gasteiger partial charge in [-0.2, -0.15) is 0 Å². The van der Waals surface area contributed by atoms with Crippen molar-refractivity contribution in [3.05, 3.63) is 125 Å². The zero-order chi connectivity index (χ0) is 32.8. The van der Waals surface area contributed by atoms with E-state index >= 15 is 0 Å². The number of hydrogen-bond acceptors (Lipinski definition) is 7. The number of anilines is 2. The lowest BCUT2D eigenvalue weighted by atomic mass is 10.0. The molecule has 3 unspecified atom stereocenters. The molecule has 2 amide bonds. The standard InChI is InChI=1S/C38H43N3O5S/c39-33-11-7-8-12-34(33)41-37(44)14-6-2-5-13-36(43)40-24-27-15-21-30(22-16-27)38-45-31(26-47-32-9-3-1-4-10-32)23-35(46-38)29-19-17-28(25-42)18-20-29/h1,3-4,7-12,15-22,31,35,38,42H,2,5-6,13-14,23-26,39H2,(H,40,43)(H,41,44). The van der Waals surface area contributed by atoms with E-state index < -0.39 is 6.29 Å². The fourth-order valence-corrected chi connectivity index (χ4v) is 6.32.